The van der Waals surface area contributed by atoms with E-state index < -0.39 is 17.1 Å². The van der Waals surface area contributed by atoms with Crippen LogP contribution in [0.15, 0.2) is 41.5 Å². The number of benzene rings is 1. The summed E-state index contributed by atoms with van der Waals surface area (Å²) in [5, 5.41) is 13.4. The average molecular weight is 367 g/mol. The number of nitrogens with zero attached hydrogens (tertiary/aromatic N) is 2. The third-order valence-corrected chi connectivity index (χ3v) is 5.13. The van der Waals surface area contributed by atoms with Crippen molar-refractivity contribution >= 4 is 34.0 Å². The van der Waals surface area contributed by atoms with Crippen LogP contribution in [-0.2, 0) is 4.79 Å². The third-order valence-electron chi connectivity index (χ3n) is 5.13. The predicted molar refractivity (Wildman–Crippen MR) is 103 cm³/mol. The first-order chi connectivity index (χ1) is 12.8. The van der Waals surface area contributed by atoms with Crippen LogP contribution in [0.25, 0.3) is 16.4 Å². The molecule has 0 aliphatic carbocycles. The number of carbonyl (C=O) groups is 2. The van der Waals surface area contributed by atoms with E-state index in [1.807, 2.05) is 20.8 Å². The zero-order valence-electron chi connectivity index (χ0n) is 15.4. The monoisotopic (exact) mass is 367 g/mol. The van der Waals surface area contributed by atoms with E-state index in [9.17, 15) is 14.4 Å². The fraction of sp³-hybridized carbons (Fsp3) is 0.300. The highest BCUT2D eigenvalue weighted by Gasteiger charge is 2.20. The molecule has 2 aromatic heterocycles. The SMILES string of the molecule is CCC(C)C(C)C(=O)Nc1cccc2c1ccn1c(=O)c(C(=O)O)cnc21. The number of anilines is 1. The van der Waals surface area contributed by atoms with E-state index in [1.165, 1.54) is 10.6 Å². The van der Waals surface area contributed by atoms with Crippen molar-refractivity contribution in [3.05, 3.63) is 52.6 Å². The highest BCUT2D eigenvalue weighted by atomic mass is 16.4. The van der Waals surface area contributed by atoms with Gasteiger partial charge < -0.3 is 10.4 Å². The van der Waals surface area contributed by atoms with Crippen LogP contribution >= 0.6 is 0 Å². The van der Waals surface area contributed by atoms with Gasteiger partial charge in [0.05, 0.1) is 0 Å². The van der Waals surface area contributed by atoms with Crippen molar-refractivity contribution < 1.29 is 14.7 Å². The van der Waals surface area contributed by atoms with Crippen LogP contribution in [0.2, 0.25) is 0 Å². The fourth-order valence-corrected chi connectivity index (χ4v) is 3.01. The van der Waals surface area contributed by atoms with Crippen molar-refractivity contribution in [3.63, 3.8) is 0 Å². The first-order valence-corrected chi connectivity index (χ1v) is 8.82. The zero-order chi connectivity index (χ0) is 19.7. The normalized spacial score (nSPS) is 13.4. The summed E-state index contributed by atoms with van der Waals surface area (Å²) in [4.78, 5) is 40.2. The smallest absolute Gasteiger partial charge is 0.342 e. The molecule has 0 spiro atoms. The Bertz CT molecular complexity index is 1100. The molecule has 1 amide bonds. The molecule has 0 saturated carbocycles. The number of carbonyl (C=O) groups excluding carboxylic acids is 1. The third kappa shape index (κ3) is 3.28. The van der Waals surface area contributed by atoms with Crippen LogP contribution < -0.4 is 10.9 Å². The minimum absolute atomic E-state index is 0.0664. The van der Waals surface area contributed by atoms with E-state index in [-0.39, 0.29) is 17.7 Å². The van der Waals surface area contributed by atoms with Crippen molar-refractivity contribution in [1.82, 2.24) is 9.38 Å². The van der Waals surface area contributed by atoms with Crippen LogP contribution in [0.5, 0.6) is 0 Å². The van der Waals surface area contributed by atoms with E-state index in [0.717, 1.165) is 18.0 Å². The molecular formula is C20H21N3O4. The van der Waals surface area contributed by atoms with Gasteiger partial charge in [0.1, 0.15) is 11.2 Å². The Kier molecular flexibility index (Phi) is 4.94. The number of carboxylic acids is 1. The van der Waals surface area contributed by atoms with E-state index in [2.05, 4.69) is 10.3 Å². The van der Waals surface area contributed by atoms with Gasteiger partial charge in [0.15, 0.2) is 0 Å². The summed E-state index contributed by atoms with van der Waals surface area (Å²) < 4.78 is 1.21. The Hall–Kier alpha value is -3.22. The topological polar surface area (TPSA) is 101 Å². The summed E-state index contributed by atoms with van der Waals surface area (Å²) in [6.45, 7) is 5.99. The fourth-order valence-electron chi connectivity index (χ4n) is 3.01. The number of fused-ring (bicyclic) bond motifs is 3. The quantitative estimate of drug-likeness (QED) is 0.675. The Balaban J connectivity index is 2.11. The molecule has 0 saturated heterocycles. The van der Waals surface area contributed by atoms with Gasteiger partial charge in [-0.05, 0) is 18.1 Å². The van der Waals surface area contributed by atoms with Gasteiger partial charge in [-0.25, -0.2) is 9.78 Å². The molecule has 2 N–H and O–H groups in total. The van der Waals surface area contributed by atoms with Gasteiger partial charge in [-0.3, -0.25) is 14.0 Å². The summed E-state index contributed by atoms with van der Waals surface area (Å²) >= 11 is 0. The average Bonchev–Trinajstić information content (AvgIpc) is 2.66. The van der Waals surface area contributed by atoms with Gasteiger partial charge in [-0.1, -0.05) is 39.3 Å². The number of rotatable bonds is 5. The van der Waals surface area contributed by atoms with E-state index in [0.29, 0.717) is 16.7 Å². The van der Waals surface area contributed by atoms with Gasteiger partial charge in [0, 0.05) is 34.8 Å². The molecule has 1 aromatic carbocycles. The van der Waals surface area contributed by atoms with Crippen LogP contribution in [-0.4, -0.2) is 26.4 Å². The lowest BCUT2D eigenvalue weighted by Crippen LogP contribution is -2.25. The van der Waals surface area contributed by atoms with Crippen LogP contribution in [0.3, 0.4) is 0 Å². The van der Waals surface area contributed by atoms with Crippen LogP contribution in [0, 0.1) is 11.8 Å². The van der Waals surface area contributed by atoms with Crippen LogP contribution in [0.4, 0.5) is 5.69 Å². The molecule has 140 valence electrons. The summed E-state index contributed by atoms with van der Waals surface area (Å²) in [5.74, 6) is -1.26. The molecule has 3 aromatic rings. The second kappa shape index (κ2) is 7.19. The zero-order valence-corrected chi connectivity index (χ0v) is 15.4. The summed E-state index contributed by atoms with van der Waals surface area (Å²) in [5.41, 5.74) is -0.0618. The van der Waals surface area contributed by atoms with Gasteiger partial charge in [0.2, 0.25) is 5.91 Å². The highest BCUT2D eigenvalue weighted by Crippen LogP contribution is 2.27. The maximum atomic E-state index is 12.5. The molecule has 0 aliphatic heterocycles. The molecule has 7 nitrogen and oxygen atoms in total. The number of aromatic nitrogens is 2. The van der Waals surface area contributed by atoms with Gasteiger partial charge in [-0.15, -0.1) is 0 Å². The predicted octanol–water partition coefficient (Wildman–Crippen LogP) is 3.17. The molecule has 7 heteroatoms. The maximum Gasteiger partial charge on any atom is 0.342 e. The summed E-state index contributed by atoms with van der Waals surface area (Å²) in [6, 6.07) is 7.03. The number of hydrogen-bond acceptors (Lipinski definition) is 4. The Morgan fingerprint density at radius 3 is 2.63 bits per heavy atom. The molecular weight excluding hydrogens is 346 g/mol. The molecule has 3 rings (SSSR count). The molecule has 2 heterocycles. The molecule has 0 aliphatic rings. The minimum Gasteiger partial charge on any atom is -0.477 e. The Morgan fingerprint density at radius 2 is 1.96 bits per heavy atom. The molecule has 0 bridgehead atoms. The highest BCUT2D eigenvalue weighted by molar-refractivity contribution is 6.06. The maximum absolute atomic E-state index is 12.5. The molecule has 0 fully saturated rings. The van der Waals surface area contributed by atoms with E-state index >= 15 is 0 Å². The lowest BCUT2D eigenvalue weighted by atomic mass is 9.93. The minimum atomic E-state index is -1.32. The number of amides is 1. The largest absolute Gasteiger partial charge is 0.477 e. The van der Waals surface area contributed by atoms with Crippen molar-refractivity contribution in [2.45, 2.75) is 27.2 Å². The van der Waals surface area contributed by atoms with Gasteiger partial charge >= 0.3 is 5.97 Å². The molecule has 0 radical (unpaired) electrons. The molecule has 27 heavy (non-hydrogen) atoms. The van der Waals surface area contributed by atoms with Crippen molar-refractivity contribution in [3.8, 4) is 0 Å². The number of carboxylic acid groups (broad SMARTS) is 1. The standard InChI is InChI=1S/C20H21N3O4/c1-4-11(2)12(3)18(24)22-16-7-5-6-14-13(16)8-9-23-17(14)21-10-15(19(23)25)20(26)27/h5-12H,4H2,1-3H3,(H,22,24)(H,26,27). The number of aromatic carboxylic acids is 1. The summed E-state index contributed by atoms with van der Waals surface area (Å²) in [6.07, 6.45) is 3.45. The van der Waals surface area contributed by atoms with Crippen molar-refractivity contribution in [1.29, 1.82) is 0 Å². The Labute approximate surface area is 155 Å². The first-order valence-electron chi connectivity index (χ1n) is 8.82. The number of nitrogens with one attached hydrogen (secondary N) is 1. The number of pyridine rings is 1. The lowest BCUT2D eigenvalue weighted by molar-refractivity contribution is -0.120. The second-order valence-electron chi connectivity index (χ2n) is 6.72. The van der Waals surface area contributed by atoms with Crippen molar-refractivity contribution in [2.75, 3.05) is 5.32 Å². The number of hydrogen-bond donors (Lipinski definition) is 2. The Morgan fingerprint density at radius 1 is 1.22 bits per heavy atom. The molecule has 2 unspecified atom stereocenters. The molecule has 2 atom stereocenters. The van der Waals surface area contributed by atoms with Gasteiger partial charge in [0.25, 0.3) is 5.56 Å². The van der Waals surface area contributed by atoms with E-state index in [1.54, 1.807) is 24.3 Å². The second-order valence-corrected chi connectivity index (χ2v) is 6.72. The van der Waals surface area contributed by atoms with E-state index in [4.69, 9.17) is 5.11 Å². The lowest BCUT2D eigenvalue weighted by Gasteiger charge is -2.18. The van der Waals surface area contributed by atoms with Gasteiger partial charge in [-0.2, -0.15) is 0 Å². The summed E-state index contributed by atoms with van der Waals surface area (Å²) in [7, 11) is 0. The first kappa shape index (κ1) is 18.6. The van der Waals surface area contributed by atoms with Crippen LogP contribution in [0.1, 0.15) is 37.6 Å². The van der Waals surface area contributed by atoms with Crippen molar-refractivity contribution in [2.24, 2.45) is 11.8 Å².